The lowest BCUT2D eigenvalue weighted by Crippen LogP contribution is -1.99. The Kier molecular flexibility index (Phi) is 3.64. The Morgan fingerprint density at radius 2 is 1.84 bits per heavy atom. The minimum atomic E-state index is -2.65. The summed E-state index contributed by atoms with van der Waals surface area (Å²) in [5.74, 6) is -0.598. The first-order valence-corrected chi connectivity index (χ1v) is 6.00. The van der Waals surface area contributed by atoms with Crippen molar-refractivity contribution in [1.82, 2.24) is 9.78 Å². The fourth-order valence-corrected chi connectivity index (χ4v) is 2.04. The average molecular weight is 268 g/mol. The molecule has 2 aromatic rings. The molecule has 0 spiro atoms. The van der Waals surface area contributed by atoms with Crippen LogP contribution in [0.4, 0.5) is 13.2 Å². The van der Waals surface area contributed by atoms with E-state index < -0.39 is 12.2 Å². The van der Waals surface area contributed by atoms with Crippen molar-refractivity contribution in [3.8, 4) is 11.1 Å². The fraction of sp³-hybridized carbons (Fsp3) is 0.357. The van der Waals surface area contributed by atoms with Gasteiger partial charge in [0.05, 0.1) is 6.20 Å². The van der Waals surface area contributed by atoms with E-state index >= 15 is 0 Å². The van der Waals surface area contributed by atoms with E-state index in [1.165, 1.54) is 23.0 Å². The SMILES string of the molecule is CC(C)c1cc(C(F)F)c(-c2cnn(C)c2)cc1F. The van der Waals surface area contributed by atoms with Gasteiger partial charge in [-0.3, -0.25) is 4.68 Å². The Morgan fingerprint density at radius 3 is 2.32 bits per heavy atom. The molecule has 2 nitrogen and oxygen atoms in total. The number of aromatic nitrogens is 2. The van der Waals surface area contributed by atoms with E-state index in [0.29, 0.717) is 11.1 Å². The Hall–Kier alpha value is -1.78. The highest BCUT2D eigenvalue weighted by molar-refractivity contribution is 5.67. The topological polar surface area (TPSA) is 17.8 Å². The summed E-state index contributed by atoms with van der Waals surface area (Å²) in [5, 5.41) is 3.93. The van der Waals surface area contributed by atoms with Crippen LogP contribution in [0.25, 0.3) is 11.1 Å². The van der Waals surface area contributed by atoms with Crippen molar-refractivity contribution in [2.75, 3.05) is 0 Å². The third-order valence-corrected chi connectivity index (χ3v) is 3.04. The molecule has 0 aliphatic heterocycles. The minimum Gasteiger partial charge on any atom is -0.275 e. The van der Waals surface area contributed by atoms with E-state index in [1.54, 1.807) is 27.1 Å². The standard InChI is InChI=1S/C14H15F3N2/c1-8(2)10-4-12(14(16)17)11(5-13(10)15)9-6-18-19(3)7-9/h4-8,14H,1-3H3. The second kappa shape index (κ2) is 5.07. The molecule has 0 amide bonds. The zero-order valence-corrected chi connectivity index (χ0v) is 11.0. The van der Waals surface area contributed by atoms with Gasteiger partial charge in [0, 0.05) is 24.4 Å². The summed E-state index contributed by atoms with van der Waals surface area (Å²) in [6, 6.07) is 2.43. The van der Waals surface area contributed by atoms with E-state index in [2.05, 4.69) is 5.10 Å². The van der Waals surface area contributed by atoms with Crippen molar-refractivity contribution in [1.29, 1.82) is 0 Å². The summed E-state index contributed by atoms with van der Waals surface area (Å²) >= 11 is 0. The number of nitrogens with zero attached hydrogens (tertiary/aromatic N) is 2. The second-order valence-corrected chi connectivity index (χ2v) is 4.82. The minimum absolute atomic E-state index is 0.138. The highest BCUT2D eigenvalue weighted by Gasteiger charge is 2.20. The number of rotatable bonds is 3. The lowest BCUT2D eigenvalue weighted by Gasteiger charge is -2.13. The van der Waals surface area contributed by atoms with E-state index in [1.807, 2.05) is 0 Å². The van der Waals surface area contributed by atoms with Crippen molar-refractivity contribution in [2.24, 2.45) is 7.05 Å². The molecule has 1 aromatic carbocycles. The third kappa shape index (κ3) is 2.64. The van der Waals surface area contributed by atoms with Crippen molar-refractivity contribution in [3.63, 3.8) is 0 Å². The Morgan fingerprint density at radius 1 is 1.16 bits per heavy atom. The van der Waals surface area contributed by atoms with Gasteiger partial charge < -0.3 is 0 Å². The van der Waals surface area contributed by atoms with Crippen molar-refractivity contribution in [2.45, 2.75) is 26.2 Å². The number of hydrogen-bond acceptors (Lipinski definition) is 1. The number of aryl methyl sites for hydroxylation is 1. The molecule has 5 heteroatoms. The van der Waals surface area contributed by atoms with Crippen molar-refractivity contribution < 1.29 is 13.2 Å². The van der Waals surface area contributed by atoms with Crippen LogP contribution in [0.2, 0.25) is 0 Å². The predicted octanol–water partition coefficient (Wildman–Crippen LogP) is 4.29. The number of benzene rings is 1. The van der Waals surface area contributed by atoms with Crippen LogP contribution >= 0.6 is 0 Å². The quantitative estimate of drug-likeness (QED) is 0.812. The van der Waals surface area contributed by atoms with Crippen LogP contribution in [0, 0.1) is 5.82 Å². The molecule has 1 heterocycles. The van der Waals surface area contributed by atoms with E-state index in [9.17, 15) is 13.2 Å². The zero-order chi connectivity index (χ0) is 14.2. The van der Waals surface area contributed by atoms with Crippen LogP contribution in [-0.2, 0) is 7.05 Å². The lowest BCUT2D eigenvalue weighted by atomic mass is 9.94. The van der Waals surface area contributed by atoms with Crippen molar-refractivity contribution >= 4 is 0 Å². The molecule has 0 saturated carbocycles. The first-order valence-electron chi connectivity index (χ1n) is 6.00. The third-order valence-electron chi connectivity index (χ3n) is 3.04. The van der Waals surface area contributed by atoms with Gasteiger partial charge in [0.15, 0.2) is 0 Å². The number of halogens is 3. The average Bonchev–Trinajstić information content (AvgIpc) is 2.74. The number of hydrogen-bond donors (Lipinski definition) is 0. The van der Waals surface area contributed by atoms with Gasteiger partial charge in [-0.2, -0.15) is 5.10 Å². The predicted molar refractivity (Wildman–Crippen MR) is 67.6 cm³/mol. The smallest absolute Gasteiger partial charge is 0.264 e. The molecule has 0 saturated heterocycles. The molecule has 0 fully saturated rings. The van der Waals surface area contributed by atoms with Crippen LogP contribution < -0.4 is 0 Å². The maximum absolute atomic E-state index is 14.0. The molecule has 19 heavy (non-hydrogen) atoms. The molecule has 2 rings (SSSR count). The maximum Gasteiger partial charge on any atom is 0.264 e. The van der Waals surface area contributed by atoms with Crippen LogP contribution in [-0.4, -0.2) is 9.78 Å². The first kappa shape index (κ1) is 13.6. The summed E-state index contributed by atoms with van der Waals surface area (Å²) in [4.78, 5) is 0. The monoisotopic (exact) mass is 268 g/mol. The second-order valence-electron chi connectivity index (χ2n) is 4.82. The van der Waals surface area contributed by atoms with E-state index in [-0.39, 0.29) is 17.0 Å². The maximum atomic E-state index is 14.0. The first-order chi connectivity index (χ1) is 8.90. The molecular formula is C14H15F3N2. The van der Waals surface area contributed by atoms with Crippen LogP contribution in [0.1, 0.15) is 37.3 Å². The molecule has 0 aliphatic carbocycles. The van der Waals surface area contributed by atoms with Gasteiger partial charge in [0.1, 0.15) is 5.82 Å². The highest BCUT2D eigenvalue weighted by atomic mass is 19.3. The normalized spacial score (nSPS) is 11.6. The van der Waals surface area contributed by atoms with Gasteiger partial charge in [-0.25, -0.2) is 13.2 Å². The Balaban J connectivity index is 2.63. The fourth-order valence-electron chi connectivity index (χ4n) is 2.04. The molecule has 102 valence electrons. The molecule has 1 aromatic heterocycles. The summed E-state index contributed by atoms with van der Waals surface area (Å²) in [6.45, 7) is 3.55. The van der Waals surface area contributed by atoms with Gasteiger partial charge in [-0.05, 0) is 29.2 Å². The molecule has 0 unspecified atom stereocenters. The molecular weight excluding hydrogens is 253 g/mol. The van der Waals surface area contributed by atoms with Crippen molar-refractivity contribution in [3.05, 3.63) is 41.5 Å². The molecule has 0 radical (unpaired) electrons. The highest BCUT2D eigenvalue weighted by Crippen LogP contribution is 2.34. The van der Waals surface area contributed by atoms with Crippen LogP contribution in [0.5, 0.6) is 0 Å². The lowest BCUT2D eigenvalue weighted by molar-refractivity contribution is 0.152. The Bertz CT molecular complexity index is 588. The van der Waals surface area contributed by atoms with E-state index in [4.69, 9.17) is 0 Å². The molecule has 0 aliphatic rings. The summed E-state index contributed by atoms with van der Waals surface area (Å²) in [5.41, 5.74) is 0.845. The summed E-state index contributed by atoms with van der Waals surface area (Å²) in [6.07, 6.45) is 0.402. The zero-order valence-electron chi connectivity index (χ0n) is 11.0. The largest absolute Gasteiger partial charge is 0.275 e. The van der Waals surface area contributed by atoms with Gasteiger partial charge >= 0.3 is 0 Å². The van der Waals surface area contributed by atoms with Gasteiger partial charge in [0.2, 0.25) is 0 Å². The van der Waals surface area contributed by atoms with E-state index in [0.717, 1.165) is 0 Å². The Labute approximate surface area is 109 Å². The van der Waals surface area contributed by atoms with Gasteiger partial charge in [-0.1, -0.05) is 13.8 Å². The summed E-state index contributed by atoms with van der Waals surface area (Å²) in [7, 11) is 1.68. The molecule has 0 atom stereocenters. The van der Waals surface area contributed by atoms with Gasteiger partial charge in [-0.15, -0.1) is 0 Å². The van der Waals surface area contributed by atoms with Crippen LogP contribution in [0.3, 0.4) is 0 Å². The number of alkyl halides is 2. The molecule has 0 bridgehead atoms. The van der Waals surface area contributed by atoms with Gasteiger partial charge in [0.25, 0.3) is 6.43 Å². The summed E-state index contributed by atoms with van der Waals surface area (Å²) < 4.78 is 41.8. The van der Waals surface area contributed by atoms with Crippen LogP contribution in [0.15, 0.2) is 24.5 Å². The molecule has 0 N–H and O–H groups in total.